The van der Waals surface area contributed by atoms with Crippen molar-refractivity contribution in [3.63, 3.8) is 0 Å². The first-order valence-electron chi connectivity index (χ1n) is 9.35. The predicted molar refractivity (Wildman–Crippen MR) is 111 cm³/mol. The second-order valence-corrected chi connectivity index (χ2v) is 5.96. The molecule has 0 bridgehead atoms. The summed E-state index contributed by atoms with van der Waals surface area (Å²) in [6.07, 6.45) is 0.411. The number of rotatable bonds is 11. The fourth-order valence-corrected chi connectivity index (χ4v) is 2.37. The van der Waals surface area contributed by atoms with E-state index >= 15 is 0 Å². The maximum Gasteiger partial charge on any atom is 0.243 e. The van der Waals surface area contributed by atoms with Crippen LogP contribution < -0.4 is 20.7 Å². The molecule has 0 aromatic heterocycles. The van der Waals surface area contributed by atoms with E-state index in [1.54, 1.807) is 31.2 Å². The van der Waals surface area contributed by atoms with Gasteiger partial charge in [-0.25, -0.2) is 0 Å². The number of carbonyl (C=O) groups excluding carboxylic acids is 2. The van der Waals surface area contributed by atoms with Crippen molar-refractivity contribution in [2.24, 2.45) is 0 Å². The summed E-state index contributed by atoms with van der Waals surface area (Å²) in [7, 11) is 0. The van der Waals surface area contributed by atoms with Gasteiger partial charge >= 0.3 is 0 Å². The van der Waals surface area contributed by atoms with Crippen LogP contribution in [0.3, 0.4) is 0 Å². The Kier molecular flexibility index (Phi) is 8.81. The largest absolute Gasteiger partial charge is 0.491 e. The molecule has 0 radical (unpaired) electrons. The molecule has 0 heterocycles. The van der Waals surface area contributed by atoms with Gasteiger partial charge in [0.25, 0.3) is 0 Å². The Morgan fingerprint density at radius 1 is 0.857 bits per heavy atom. The van der Waals surface area contributed by atoms with E-state index in [0.717, 1.165) is 5.69 Å². The molecule has 7 nitrogen and oxygen atoms in total. The lowest BCUT2D eigenvalue weighted by atomic mass is 10.2. The van der Waals surface area contributed by atoms with Gasteiger partial charge in [-0.2, -0.15) is 0 Å². The van der Waals surface area contributed by atoms with Gasteiger partial charge in [0, 0.05) is 36.2 Å². The Morgan fingerprint density at radius 3 is 2.29 bits per heavy atom. The topological polar surface area (TPSA) is 88.7 Å². The zero-order chi connectivity index (χ0) is 20.2. The average molecular weight is 385 g/mol. The third kappa shape index (κ3) is 7.67. The van der Waals surface area contributed by atoms with E-state index in [4.69, 9.17) is 9.47 Å². The Hall–Kier alpha value is -3.06. The van der Waals surface area contributed by atoms with Gasteiger partial charge in [-0.05, 0) is 37.3 Å². The van der Waals surface area contributed by atoms with Gasteiger partial charge in [0.1, 0.15) is 12.4 Å². The molecule has 28 heavy (non-hydrogen) atoms. The third-order valence-corrected chi connectivity index (χ3v) is 3.74. The molecule has 2 amide bonds. The predicted octanol–water partition coefficient (Wildman–Crippen LogP) is 3.50. The molecule has 0 saturated carbocycles. The first-order chi connectivity index (χ1) is 13.6. The van der Waals surface area contributed by atoms with Gasteiger partial charge in [0.15, 0.2) is 0 Å². The third-order valence-electron chi connectivity index (χ3n) is 3.74. The standard InChI is InChI=1S/C21H27N3O4/c1-3-20(25)23-17-8-5-7-16(13-17)22-15-21(26)24-18-9-6-10-19(14-18)28-12-11-27-4-2/h5-10,13-14,22H,3-4,11-12,15H2,1-2H3,(H,23,25)(H,24,26). The van der Waals surface area contributed by atoms with Crippen LogP contribution in [0.15, 0.2) is 48.5 Å². The second kappa shape index (κ2) is 11.6. The minimum Gasteiger partial charge on any atom is -0.491 e. The Balaban J connectivity index is 1.82. The van der Waals surface area contributed by atoms with Gasteiger partial charge in [0.2, 0.25) is 11.8 Å². The summed E-state index contributed by atoms with van der Waals surface area (Å²) in [5.41, 5.74) is 2.09. The molecule has 0 aliphatic heterocycles. The van der Waals surface area contributed by atoms with Crippen molar-refractivity contribution in [2.45, 2.75) is 20.3 Å². The lowest BCUT2D eigenvalue weighted by molar-refractivity contribution is -0.116. The molecule has 0 aliphatic rings. The molecular formula is C21H27N3O4. The van der Waals surface area contributed by atoms with Crippen molar-refractivity contribution in [3.05, 3.63) is 48.5 Å². The van der Waals surface area contributed by atoms with Crippen molar-refractivity contribution in [1.29, 1.82) is 0 Å². The van der Waals surface area contributed by atoms with Crippen LogP contribution in [0.2, 0.25) is 0 Å². The number of ether oxygens (including phenoxy) is 2. The lowest BCUT2D eigenvalue weighted by Gasteiger charge is -2.11. The number of anilines is 3. The number of nitrogens with one attached hydrogen (secondary N) is 3. The van der Waals surface area contributed by atoms with E-state index in [1.807, 2.05) is 31.2 Å². The number of hydrogen-bond donors (Lipinski definition) is 3. The highest BCUT2D eigenvalue weighted by Gasteiger charge is 2.05. The fraction of sp³-hybridized carbons (Fsp3) is 0.333. The van der Waals surface area contributed by atoms with E-state index in [1.165, 1.54) is 0 Å². The highest BCUT2D eigenvalue weighted by atomic mass is 16.5. The van der Waals surface area contributed by atoms with E-state index < -0.39 is 0 Å². The highest BCUT2D eigenvalue weighted by Crippen LogP contribution is 2.18. The monoisotopic (exact) mass is 385 g/mol. The molecule has 0 aliphatic carbocycles. The van der Waals surface area contributed by atoms with Gasteiger partial charge in [0.05, 0.1) is 13.2 Å². The number of amides is 2. The number of hydrogen-bond acceptors (Lipinski definition) is 5. The summed E-state index contributed by atoms with van der Waals surface area (Å²) in [5, 5.41) is 8.66. The summed E-state index contributed by atoms with van der Waals surface area (Å²) >= 11 is 0. The molecule has 2 aromatic rings. The summed E-state index contributed by atoms with van der Waals surface area (Å²) < 4.78 is 10.8. The van der Waals surface area contributed by atoms with Crippen LogP contribution in [0.4, 0.5) is 17.1 Å². The summed E-state index contributed by atoms with van der Waals surface area (Å²) in [6, 6.07) is 14.5. The molecule has 0 spiro atoms. The maximum absolute atomic E-state index is 12.2. The van der Waals surface area contributed by atoms with E-state index in [-0.39, 0.29) is 18.4 Å². The maximum atomic E-state index is 12.2. The molecule has 2 aromatic carbocycles. The normalized spacial score (nSPS) is 10.2. The average Bonchev–Trinajstić information content (AvgIpc) is 2.70. The SMILES string of the molecule is CCOCCOc1cccc(NC(=O)CNc2cccc(NC(=O)CC)c2)c1. The van der Waals surface area contributed by atoms with Crippen molar-refractivity contribution in [3.8, 4) is 5.75 Å². The molecule has 0 atom stereocenters. The zero-order valence-corrected chi connectivity index (χ0v) is 16.3. The van der Waals surface area contributed by atoms with Gasteiger partial charge in [-0.15, -0.1) is 0 Å². The van der Waals surface area contributed by atoms with Gasteiger partial charge in [-0.1, -0.05) is 19.1 Å². The van der Waals surface area contributed by atoms with Gasteiger partial charge < -0.3 is 25.4 Å². The van der Waals surface area contributed by atoms with E-state index in [0.29, 0.717) is 43.4 Å². The minimum absolute atomic E-state index is 0.0572. The quantitative estimate of drug-likeness (QED) is 0.515. The van der Waals surface area contributed by atoms with Crippen LogP contribution in [0, 0.1) is 0 Å². The van der Waals surface area contributed by atoms with Crippen LogP contribution >= 0.6 is 0 Å². The van der Waals surface area contributed by atoms with Crippen LogP contribution in [0.25, 0.3) is 0 Å². The molecule has 0 fully saturated rings. The summed E-state index contributed by atoms with van der Waals surface area (Å²) in [5.74, 6) is 0.428. The lowest BCUT2D eigenvalue weighted by Crippen LogP contribution is -2.21. The Morgan fingerprint density at radius 2 is 1.54 bits per heavy atom. The van der Waals surface area contributed by atoms with E-state index in [2.05, 4.69) is 16.0 Å². The molecule has 150 valence electrons. The van der Waals surface area contributed by atoms with Crippen LogP contribution in [-0.4, -0.2) is 38.2 Å². The van der Waals surface area contributed by atoms with Crippen molar-refractivity contribution in [2.75, 3.05) is 42.3 Å². The van der Waals surface area contributed by atoms with Crippen molar-refractivity contribution < 1.29 is 19.1 Å². The van der Waals surface area contributed by atoms with E-state index in [9.17, 15) is 9.59 Å². The molecule has 2 rings (SSSR count). The van der Waals surface area contributed by atoms with Crippen LogP contribution in [-0.2, 0) is 14.3 Å². The molecular weight excluding hydrogens is 358 g/mol. The molecule has 0 saturated heterocycles. The Labute approximate surface area is 165 Å². The smallest absolute Gasteiger partial charge is 0.243 e. The number of carbonyl (C=O) groups is 2. The Bertz CT molecular complexity index is 780. The molecule has 0 unspecified atom stereocenters. The first kappa shape index (κ1) is 21.2. The highest BCUT2D eigenvalue weighted by molar-refractivity contribution is 5.94. The fourth-order valence-electron chi connectivity index (χ4n) is 2.37. The zero-order valence-electron chi connectivity index (χ0n) is 16.3. The summed E-state index contributed by atoms with van der Waals surface area (Å²) in [4.78, 5) is 23.7. The molecule has 7 heteroatoms. The van der Waals surface area contributed by atoms with Crippen molar-refractivity contribution in [1.82, 2.24) is 0 Å². The van der Waals surface area contributed by atoms with Crippen molar-refractivity contribution >= 4 is 28.9 Å². The number of benzene rings is 2. The van der Waals surface area contributed by atoms with Crippen LogP contribution in [0.5, 0.6) is 5.75 Å². The summed E-state index contributed by atoms with van der Waals surface area (Å²) in [6.45, 7) is 5.45. The first-order valence-corrected chi connectivity index (χ1v) is 9.35. The minimum atomic E-state index is -0.186. The second-order valence-electron chi connectivity index (χ2n) is 5.96. The van der Waals surface area contributed by atoms with Gasteiger partial charge in [-0.3, -0.25) is 9.59 Å². The van der Waals surface area contributed by atoms with Crippen LogP contribution in [0.1, 0.15) is 20.3 Å². The molecule has 3 N–H and O–H groups in total.